The summed E-state index contributed by atoms with van der Waals surface area (Å²) in [6.45, 7) is 3.53. The molecule has 2 unspecified atom stereocenters. The SMILES string of the molecule is COc1ccccc1C(=O)OOC1(C)CCCCC1(C)OOC(=O)c1ccccc1OC. The van der Waals surface area contributed by atoms with Gasteiger partial charge < -0.3 is 9.47 Å². The van der Waals surface area contributed by atoms with E-state index < -0.39 is 23.1 Å². The van der Waals surface area contributed by atoms with Crippen molar-refractivity contribution in [3.8, 4) is 11.5 Å². The second-order valence-electron chi connectivity index (χ2n) is 7.98. The van der Waals surface area contributed by atoms with E-state index in [9.17, 15) is 9.59 Å². The smallest absolute Gasteiger partial charge is 0.376 e. The maximum atomic E-state index is 12.6. The van der Waals surface area contributed by atoms with Crippen molar-refractivity contribution in [1.82, 2.24) is 0 Å². The van der Waals surface area contributed by atoms with E-state index in [4.69, 9.17) is 29.0 Å². The molecule has 1 aliphatic rings. The molecule has 0 radical (unpaired) electrons. The van der Waals surface area contributed by atoms with Gasteiger partial charge in [0.2, 0.25) is 0 Å². The lowest BCUT2D eigenvalue weighted by Crippen LogP contribution is -2.56. The minimum absolute atomic E-state index is 0.236. The number of ether oxygens (including phenoxy) is 2. The zero-order valence-electron chi connectivity index (χ0n) is 18.7. The molecule has 0 spiro atoms. The van der Waals surface area contributed by atoms with Crippen molar-refractivity contribution in [2.75, 3.05) is 14.2 Å². The summed E-state index contributed by atoms with van der Waals surface area (Å²) in [6, 6.07) is 13.4. The number of methoxy groups -OCH3 is 2. The molecule has 2 atom stereocenters. The Kier molecular flexibility index (Phi) is 7.37. The van der Waals surface area contributed by atoms with Crippen LogP contribution in [0.25, 0.3) is 0 Å². The number of hydrogen-bond donors (Lipinski definition) is 0. The Morgan fingerprint density at radius 2 is 1.06 bits per heavy atom. The van der Waals surface area contributed by atoms with Crippen LogP contribution in [0.4, 0.5) is 0 Å². The van der Waals surface area contributed by atoms with Crippen LogP contribution in [0.5, 0.6) is 11.5 Å². The normalized spacial score (nSPS) is 22.6. The summed E-state index contributed by atoms with van der Waals surface area (Å²) in [5.41, 5.74) is -1.63. The molecule has 1 fully saturated rings. The van der Waals surface area contributed by atoms with E-state index in [-0.39, 0.29) is 11.1 Å². The van der Waals surface area contributed by atoms with Crippen LogP contribution >= 0.6 is 0 Å². The van der Waals surface area contributed by atoms with Gasteiger partial charge in [0.1, 0.15) is 33.8 Å². The molecule has 0 aromatic heterocycles. The van der Waals surface area contributed by atoms with Crippen LogP contribution in [0.3, 0.4) is 0 Å². The molecule has 0 N–H and O–H groups in total. The number of carbonyl (C=O) groups is 2. The number of carbonyl (C=O) groups excluding carboxylic acids is 2. The van der Waals surface area contributed by atoms with Crippen LogP contribution in [-0.2, 0) is 19.6 Å². The third-order valence-corrected chi connectivity index (χ3v) is 5.93. The van der Waals surface area contributed by atoms with E-state index in [0.717, 1.165) is 12.8 Å². The van der Waals surface area contributed by atoms with Gasteiger partial charge in [-0.1, -0.05) is 37.1 Å². The standard InChI is InChI=1S/C24H28O8/c1-23(31-29-21(25)17-11-5-7-13-19(17)27-3)15-9-10-16-24(23,2)32-30-22(26)18-12-6-8-14-20(18)28-4/h5-8,11-14H,9-10,15-16H2,1-4H3. The molecular formula is C24H28O8. The fourth-order valence-electron chi connectivity index (χ4n) is 3.69. The van der Waals surface area contributed by atoms with Gasteiger partial charge in [-0.3, -0.25) is 9.78 Å². The molecule has 0 amide bonds. The number of benzene rings is 2. The minimum Gasteiger partial charge on any atom is -0.496 e. The second-order valence-corrected chi connectivity index (χ2v) is 7.98. The first-order chi connectivity index (χ1) is 15.3. The first kappa shape index (κ1) is 23.6. The summed E-state index contributed by atoms with van der Waals surface area (Å²) in [4.78, 5) is 46.8. The van der Waals surface area contributed by atoms with Gasteiger partial charge in [-0.15, -0.1) is 0 Å². The van der Waals surface area contributed by atoms with E-state index in [1.165, 1.54) is 14.2 Å². The first-order valence-corrected chi connectivity index (χ1v) is 10.4. The van der Waals surface area contributed by atoms with Gasteiger partial charge in [-0.2, -0.15) is 9.78 Å². The highest BCUT2D eigenvalue weighted by atomic mass is 17.2. The monoisotopic (exact) mass is 444 g/mol. The summed E-state index contributed by atoms with van der Waals surface area (Å²) in [7, 11) is 2.94. The van der Waals surface area contributed by atoms with E-state index in [2.05, 4.69) is 0 Å². The van der Waals surface area contributed by atoms with Crippen molar-refractivity contribution in [3.63, 3.8) is 0 Å². The van der Waals surface area contributed by atoms with Crippen molar-refractivity contribution < 1.29 is 38.6 Å². The van der Waals surface area contributed by atoms with Crippen LogP contribution in [0, 0.1) is 0 Å². The highest BCUT2D eigenvalue weighted by Crippen LogP contribution is 2.43. The summed E-state index contributed by atoms with van der Waals surface area (Å²) >= 11 is 0. The molecular weight excluding hydrogens is 416 g/mol. The topological polar surface area (TPSA) is 89.5 Å². The summed E-state index contributed by atoms with van der Waals surface area (Å²) in [6.07, 6.45) is 2.74. The second kappa shape index (κ2) is 10.0. The Hall–Kier alpha value is -3.10. The van der Waals surface area contributed by atoms with Crippen LogP contribution in [0.2, 0.25) is 0 Å². The molecule has 1 aliphatic carbocycles. The highest BCUT2D eigenvalue weighted by molar-refractivity contribution is 5.92. The molecule has 2 aromatic rings. The van der Waals surface area contributed by atoms with E-state index in [1.807, 2.05) is 0 Å². The average Bonchev–Trinajstić information content (AvgIpc) is 2.83. The van der Waals surface area contributed by atoms with Gasteiger partial charge in [0.15, 0.2) is 0 Å². The quantitative estimate of drug-likeness (QED) is 0.429. The van der Waals surface area contributed by atoms with Crippen LogP contribution in [-0.4, -0.2) is 37.4 Å². The van der Waals surface area contributed by atoms with Gasteiger partial charge in [-0.05, 0) is 51.0 Å². The molecule has 0 aliphatic heterocycles. The predicted molar refractivity (Wildman–Crippen MR) is 114 cm³/mol. The highest BCUT2D eigenvalue weighted by Gasteiger charge is 2.53. The molecule has 32 heavy (non-hydrogen) atoms. The van der Waals surface area contributed by atoms with E-state index in [1.54, 1.807) is 62.4 Å². The molecule has 2 aromatic carbocycles. The van der Waals surface area contributed by atoms with Crippen LogP contribution < -0.4 is 9.47 Å². The first-order valence-electron chi connectivity index (χ1n) is 10.4. The lowest BCUT2D eigenvalue weighted by Gasteiger charge is -2.45. The van der Waals surface area contributed by atoms with Crippen molar-refractivity contribution in [2.24, 2.45) is 0 Å². The Morgan fingerprint density at radius 3 is 1.44 bits per heavy atom. The molecule has 0 bridgehead atoms. The zero-order valence-corrected chi connectivity index (χ0v) is 18.7. The van der Waals surface area contributed by atoms with Crippen molar-refractivity contribution in [2.45, 2.75) is 50.7 Å². The molecule has 8 nitrogen and oxygen atoms in total. The van der Waals surface area contributed by atoms with Crippen LogP contribution in [0.15, 0.2) is 48.5 Å². The van der Waals surface area contributed by atoms with Crippen molar-refractivity contribution >= 4 is 11.9 Å². The molecule has 8 heteroatoms. The van der Waals surface area contributed by atoms with Crippen LogP contribution in [0.1, 0.15) is 60.2 Å². The van der Waals surface area contributed by atoms with E-state index in [0.29, 0.717) is 24.3 Å². The fraction of sp³-hybridized carbons (Fsp3) is 0.417. The number of para-hydroxylation sites is 2. The molecule has 172 valence electrons. The molecule has 0 heterocycles. The molecule has 3 rings (SSSR count). The largest absolute Gasteiger partial charge is 0.496 e. The maximum Gasteiger partial charge on any atom is 0.376 e. The molecule has 1 saturated carbocycles. The Bertz CT molecular complexity index is 881. The third-order valence-electron chi connectivity index (χ3n) is 5.93. The van der Waals surface area contributed by atoms with Gasteiger partial charge in [-0.25, -0.2) is 9.59 Å². The van der Waals surface area contributed by atoms with Gasteiger partial charge in [0.05, 0.1) is 14.2 Å². The summed E-state index contributed by atoms with van der Waals surface area (Å²) in [5, 5.41) is 0. The fourth-order valence-corrected chi connectivity index (χ4v) is 3.69. The Morgan fingerprint density at radius 1 is 0.688 bits per heavy atom. The summed E-state index contributed by atoms with van der Waals surface area (Å²) in [5.74, 6) is -0.635. The lowest BCUT2D eigenvalue weighted by atomic mass is 9.74. The average molecular weight is 444 g/mol. The van der Waals surface area contributed by atoms with Gasteiger partial charge >= 0.3 is 11.9 Å². The Balaban J connectivity index is 1.70. The summed E-state index contributed by atoms with van der Waals surface area (Å²) < 4.78 is 10.4. The lowest BCUT2D eigenvalue weighted by molar-refractivity contribution is -0.418. The van der Waals surface area contributed by atoms with Crippen molar-refractivity contribution in [1.29, 1.82) is 0 Å². The molecule has 0 saturated heterocycles. The minimum atomic E-state index is -1.05. The Labute approximate surface area is 187 Å². The van der Waals surface area contributed by atoms with Gasteiger partial charge in [0.25, 0.3) is 0 Å². The number of hydrogen-bond acceptors (Lipinski definition) is 8. The maximum absolute atomic E-state index is 12.6. The van der Waals surface area contributed by atoms with Crippen molar-refractivity contribution in [3.05, 3.63) is 59.7 Å². The third kappa shape index (κ3) is 4.87. The van der Waals surface area contributed by atoms with E-state index >= 15 is 0 Å². The zero-order chi connectivity index (χ0) is 23.2. The number of rotatable bonds is 8. The predicted octanol–water partition coefficient (Wildman–Crippen LogP) is 4.67. The van der Waals surface area contributed by atoms with Gasteiger partial charge in [0, 0.05) is 0 Å².